The molecule has 1 aromatic heterocycles. The molecule has 1 atom stereocenters. The second-order valence-electron chi connectivity index (χ2n) is 3.22. The maximum Gasteiger partial charge on any atom is 0.0822 e. The third-order valence-corrected chi connectivity index (χ3v) is 2.55. The highest BCUT2D eigenvalue weighted by Crippen LogP contribution is 2.27. The normalized spacial score (nSPS) is 22.3. The van der Waals surface area contributed by atoms with E-state index in [0.29, 0.717) is 11.6 Å². The first kappa shape index (κ1) is 8.78. The van der Waals surface area contributed by atoms with E-state index in [2.05, 4.69) is 9.88 Å². The standard InChI is InChI=1S/C9H11ClN2O/c10-8-5-11-3-1-9(8)12-4-2-7(13)6-12/h1,3,5,7,13H,2,4,6H2/t7-/m1/s1. The van der Waals surface area contributed by atoms with Gasteiger partial charge < -0.3 is 10.0 Å². The molecule has 1 aliphatic heterocycles. The summed E-state index contributed by atoms with van der Waals surface area (Å²) in [7, 11) is 0. The molecule has 0 aliphatic carbocycles. The first-order valence-electron chi connectivity index (χ1n) is 4.30. The van der Waals surface area contributed by atoms with Crippen LogP contribution in [-0.2, 0) is 0 Å². The maximum atomic E-state index is 9.35. The molecule has 1 aliphatic rings. The Kier molecular flexibility index (Phi) is 2.38. The lowest BCUT2D eigenvalue weighted by atomic mass is 10.3. The van der Waals surface area contributed by atoms with Crippen molar-refractivity contribution in [3.63, 3.8) is 0 Å². The molecule has 0 bridgehead atoms. The van der Waals surface area contributed by atoms with E-state index in [1.54, 1.807) is 12.4 Å². The van der Waals surface area contributed by atoms with Gasteiger partial charge in [-0.15, -0.1) is 0 Å². The molecule has 70 valence electrons. The third-order valence-electron chi connectivity index (χ3n) is 2.26. The van der Waals surface area contributed by atoms with E-state index in [1.807, 2.05) is 6.07 Å². The van der Waals surface area contributed by atoms with Gasteiger partial charge in [0.15, 0.2) is 0 Å². The van der Waals surface area contributed by atoms with Crippen LogP contribution in [0.3, 0.4) is 0 Å². The summed E-state index contributed by atoms with van der Waals surface area (Å²) in [6.45, 7) is 1.54. The molecule has 0 amide bonds. The van der Waals surface area contributed by atoms with Crippen LogP contribution in [0.5, 0.6) is 0 Å². The summed E-state index contributed by atoms with van der Waals surface area (Å²) in [5.41, 5.74) is 0.966. The number of halogens is 1. The maximum absolute atomic E-state index is 9.35. The molecule has 0 saturated carbocycles. The largest absolute Gasteiger partial charge is 0.391 e. The Morgan fingerprint density at radius 3 is 3.08 bits per heavy atom. The fraction of sp³-hybridized carbons (Fsp3) is 0.444. The minimum absolute atomic E-state index is 0.218. The van der Waals surface area contributed by atoms with E-state index >= 15 is 0 Å². The van der Waals surface area contributed by atoms with Crippen molar-refractivity contribution < 1.29 is 5.11 Å². The van der Waals surface area contributed by atoms with Crippen molar-refractivity contribution in [2.75, 3.05) is 18.0 Å². The number of β-amino-alcohol motifs (C(OH)–C–C–N with tert-alkyl or cyclic N) is 1. The smallest absolute Gasteiger partial charge is 0.0822 e. The molecule has 1 aromatic rings. The number of aliphatic hydroxyl groups excluding tert-OH is 1. The second kappa shape index (κ2) is 3.52. The second-order valence-corrected chi connectivity index (χ2v) is 3.62. The Morgan fingerprint density at radius 2 is 2.46 bits per heavy atom. The minimum atomic E-state index is -0.218. The molecule has 1 N–H and O–H groups in total. The Bertz CT molecular complexity index is 305. The first-order valence-corrected chi connectivity index (χ1v) is 4.67. The highest BCUT2D eigenvalue weighted by atomic mass is 35.5. The Hall–Kier alpha value is -0.800. The zero-order valence-corrected chi connectivity index (χ0v) is 7.91. The lowest BCUT2D eigenvalue weighted by Gasteiger charge is -2.18. The highest BCUT2D eigenvalue weighted by molar-refractivity contribution is 6.33. The van der Waals surface area contributed by atoms with Gasteiger partial charge in [-0.3, -0.25) is 4.98 Å². The molecule has 0 spiro atoms. The number of aliphatic hydroxyl groups is 1. The number of rotatable bonds is 1. The van der Waals surface area contributed by atoms with Crippen molar-refractivity contribution >= 4 is 17.3 Å². The van der Waals surface area contributed by atoms with Crippen LogP contribution in [0, 0.1) is 0 Å². The molecule has 1 fully saturated rings. The van der Waals surface area contributed by atoms with Crippen LogP contribution in [0.4, 0.5) is 5.69 Å². The number of aromatic nitrogens is 1. The van der Waals surface area contributed by atoms with Crippen LogP contribution in [-0.4, -0.2) is 29.3 Å². The van der Waals surface area contributed by atoms with Crippen LogP contribution in [0.2, 0.25) is 5.02 Å². The van der Waals surface area contributed by atoms with Gasteiger partial charge >= 0.3 is 0 Å². The van der Waals surface area contributed by atoms with Crippen molar-refractivity contribution in [2.45, 2.75) is 12.5 Å². The zero-order valence-electron chi connectivity index (χ0n) is 7.15. The first-order chi connectivity index (χ1) is 6.27. The quantitative estimate of drug-likeness (QED) is 0.739. The van der Waals surface area contributed by atoms with E-state index in [0.717, 1.165) is 18.7 Å². The molecule has 0 aromatic carbocycles. The van der Waals surface area contributed by atoms with E-state index in [1.165, 1.54) is 0 Å². The SMILES string of the molecule is O[C@@H]1CCN(c2ccncc2Cl)C1. The molecule has 1 saturated heterocycles. The summed E-state index contributed by atoms with van der Waals surface area (Å²) in [5.74, 6) is 0. The Labute approximate surface area is 82.0 Å². The van der Waals surface area contributed by atoms with Crippen LogP contribution < -0.4 is 4.90 Å². The Morgan fingerprint density at radius 1 is 1.62 bits per heavy atom. The average Bonchev–Trinajstić information content (AvgIpc) is 2.53. The number of nitrogens with zero attached hydrogens (tertiary/aromatic N) is 2. The average molecular weight is 199 g/mol. The number of anilines is 1. The summed E-state index contributed by atoms with van der Waals surface area (Å²) in [6.07, 6.45) is 3.94. The van der Waals surface area contributed by atoms with Gasteiger partial charge in [0.25, 0.3) is 0 Å². The van der Waals surface area contributed by atoms with Crippen LogP contribution in [0.15, 0.2) is 18.5 Å². The van der Waals surface area contributed by atoms with E-state index < -0.39 is 0 Å². The fourth-order valence-corrected chi connectivity index (χ4v) is 1.82. The lowest BCUT2D eigenvalue weighted by molar-refractivity contribution is 0.198. The number of hydrogen-bond donors (Lipinski definition) is 1. The summed E-state index contributed by atoms with van der Waals surface area (Å²) in [6, 6.07) is 1.88. The Balaban J connectivity index is 2.21. The topological polar surface area (TPSA) is 36.4 Å². The predicted molar refractivity (Wildman–Crippen MR) is 52.1 cm³/mol. The van der Waals surface area contributed by atoms with Gasteiger partial charge in [-0.1, -0.05) is 11.6 Å². The summed E-state index contributed by atoms with van der Waals surface area (Å²) in [5, 5.41) is 10.0. The highest BCUT2D eigenvalue weighted by Gasteiger charge is 2.21. The summed E-state index contributed by atoms with van der Waals surface area (Å²) >= 11 is 5.97. The van der Waals surface area contributed by atoms with Crippen LogP contribution in [0.25, 0.3) is 0 Å². The van der Waals surface area contributed by atoms with Gasteiger partial charge in [-0.05, 0) is 12.5 Å². The van der Waals surface area contributed by atoms with Gasteiger partial charge in [0, 0.05) is 25.5 Å². The molecular formula is C9H11ClN2O. The van der Waals surface area contributed by atoms with Gasteiger partial charge in [0.2, 0.25) is 0 Å². The predicted octanol–water partition coefficient (Wildman–Crippen LogP) is 1.31. The fourth-order valence-electron chi connectivity index (χ4n) is 1.58. The van der Waals surface area contributed by atoms with Gasteiger partial charge in [-0.25, -0.2) is 0 Å². The molecular weight excluding hydrogens is 188 g/mol. The van der Waals surface area contributed by atoms with Crippen molar-refractivity contribution in [1.29, 1.82) is 0 Å². The van der Waals surface area contributed by atoms with Crippen molar-refractivity contribution in [3.8, 4) is 0 Å². The molecule has 4 heteroatoms. The zero-order chi connectivity index (χ0) is 9.26. The molecule has 13 heavy (non-hydrogen) atoms. The molecule has 0 radical (unpaired) electrons. The lowest BCUT2D eigenvalue weighted by Crippen LogP contribution is -2.21. The van der Waals surface area contributed by atoms with Gasteiger partial charge in [0.1, 0.15) is 0 Å². The van der Waals surface area contributed by atoms with Crippen LogP contribution >= 0.6 is 11.6 Å². The van der Waals surface area contributed by atoms with E-state index in [9.17, 15) is 5.11 Å². The molecule has 2 heterocycles. The van der Waals surface area contributed by atoms with E-state index in [-0.39, 0.29) is 6.10 Å². The van der Waals surface area contributed by atoms with E-state index in [4.69, 9.17) is 11.6 Å². The third kappa shape index (κ3) is 1.76. The summed E-state index contributed by atoms with van der Waals surface area (Å²) in [4.78, 5) is 5.99. The molecule has 0 unspecified atom stereocenters. The molecule has 2 rings (SSSR count). The van der Waals surface area contributed by atoms with Crippen LogP contribution in [0.1, 0.15) is 6.42 Å². The van der Waals surface area contributed by atoms with Gasteiger partial charge in [-0.2, -0.15) is 0 Å². The minimum Gasteiger partial charge on any atom is -0.391 e. The number of pyridine rings is 1. The van der Waals surface area contributed by atoms with Crippen molar-refractivity contribution in [3.05, 3.63) is 23.5 Å². The van der Waals surface area contributed by atoms with Crippen molar-refractivity contribution in [1.82, 2.24) is 4.98 Å². The molecule has 3 nitrogen and oxygen atoms in total. The monoisotopic (exact) mass is 198 g/mol. The summed E-state index contributed by atoms with van der Waals surface area (Å²) < 4.78 is 0. The van der Waals surface area contributed by atoms with Crippen molar-refractivity contribution in [2.24, 2.45) is 0 Å². The number of hydrogen-bond acceptors (Lipinski definition) is 3. The van der Waals surface area contributed by atoms with Gasteiger partial charge in [0.05, 0.1) is 16.8 Å².